The monoisotopic (exact) mass is 242 g/mol. The predicted octanol–water partition coefficient (Wildman–Crippen LogP) is 2.33. The highest BCUT2D eigenvalue weighted by atomic mass is 35.5. The number of nitrogens with zero attached hydrogens (tertiary/aromatic N) is 2. The maximum Gasteiger partial charge on any atom is 0.130 e. The van der Waals surface area contributed by atoms with E-state index in [0.29, 0.717) is 11.8 Å². The fourth-order valence-electron chi connectivity index (χ4n) is 2.68. The van der Waals surface area contributed by atoms with Gasteiger partial charge < -0.3 is 5.11 Å². The minimum absolute atomic E-state index is 0.138. The average molecular weight is 243 g/mol. The molecule has 16 heavy (non-hydrogen) atoms. The van der Waals surface area contributed by atoms with Crippen molar-refractivity contribution in [1.82, 2.24) is 9.78 Å². The van der Waals surface area contributed by atoms with Crippen molar-refractivity contribution in [3.8, 4) is 0 Å². The van der Waals surface area contributed by atoms with Gasteiger partial charge in [-0.3, -0.25) is 4.68 Å². The number of aromatic nitrogens is 2. The number of aliphatic hydroxyl groups excluding tert-OH is 1. The summed E-state index contributed by atoms with van der Waals surface area (Å²) >= 11 is 6.21. The molecule has 1 fully saturated rings. The molecule has 0 saturated heterocycles. The SMILES string of the molecule is Cc1nn(C)c(Cl)c1CC1CCC(O)C1C. The largest absolute Gasteiger partial charge is 0.393 e. The average Bonchev–Trinajstić information content (AvgIpc) is 2.66. The summed E-state index contributed by atoms with van der Waals surface area (Å²) in [6.45, 7) is 4.12. The Morgan fingerprint density at radius 1 is 1.50 bits per heavy atom. The normalized spacial score (nSPS) is 29.9. The summed E-state index contributed by atoms with van der Waals surface area (Å²) < 4.78 is 1.72. The Bertz CT molecular complexity index is 389. The molecular weight excluding hydrogens is 224 g/mol. The molecule has 90 valence electrons. The number of hydrogen-bond acceptors (Lipinski definition) is 2. The van der Waals surface area contributed by atoms with Crippen LogP contribution in [0.3, 0.4) is 0 Å². The van der Waals surface area contributed by atoms with Crippen molar-refractivity contribution >= 4 is 11.6 Å². The van der Waals surface area contributed by atoms with Crippen LogP contribution >= 0.6 is 11.6 Å². The molecule has 1 aromatic rings. The van der Waals surface area contributed by atoms with Gasteiger partial charge in [0.05, 0.1) is 11.8 Å². The van der Waals surface area contributed by atoms with Crippen molar-refractivity contribution in [1.29, 1.82) is 0 Å². The lowest BCUT2D eigenvalue weighted by Gasteiger charge is -2.17. The molecule has 3 atom stereocenters. The van der Waals surface area contributed by atoms with Crippen LogP contribution in [0.2, 0.25) is 5.15 Å². The molecule has 0 bridgehead atoms. The summed E-state index contributed by atoms with van der Waals surface area (Å²) in [5.74, 6) is 0.908. The molecule has 0 spiro atoms. The maximum absolute atomic E-state index is 9.74. The van der Waals surface area contributed by atoms with Gasteiger partial charge in [-0.2, -0.15) is 5.10 Å². The molecule has 3 nitrogen and oxygen atoms in total. The van der Waals surface area contributed by atoms with E-state index in [9.17, 15) is 5.11 Å². The van der Waals surface area contributed by atoms with Gasteiger partial charge in [0.15, 0.2) is 0 Å². The fraction of sp³-hybridized carbons (Fsp3) is 0.750. The highest BCUT2D eigenvalue weighted by Gasteiger charge is 2.32. The van der Waals surface area contributed by atoms with E-state index < -0.39 is 0 Å². The van der Waals surface area contributed by atoms with Crippen molar-refractivity contribution < 1.29 is 5.11 Å². The molecule has 1 aliphatic rings. The third-order valence-electron chi connectivity index (χ3n) is 3.92. The highest BCUT2D eigenvalue weighted by Crippen LogP contribution is 2.36. The highest BCUT2D eigenvalue weighted by molar-refractivity contribution is 6.30. The first-order chi connectivity index (χ1) is 7.50. The molecule has 1 aliphatic carbocycles. The summed E-state index contributed by atoms with van der Waals surface area (Å²) in [6.07, 6.45) is 2.81. The molecule has 0 amide bonds. The predicted molar refractivity (Wildman–Crippen MR) is 64.6 cm³/mol. The van der Waals surface area contributed by atoms with Crippen LogP contribution < -0.4 is 0 Å². The van der Waals surface area contributed by atoms with E-state index in [4.69, 9.17) is 11.6 Å². The van der Waals surface area contributed by atoms with Gasteiger partial charge in [0.25, 0.3) is 0 Å². The molecule has 2 rings (SSSR count). The van der Waals surface area contributed by atoms with E-state index in [-0.39, 0.29) is 6.10 Å². The minimum Gasteiger partial charge on any atom is -0.393 e. The maximum atomic E-state index is 9.74. The summed E-state index contributed by atoms with van der Waals surface area (Å²) in [7, 11) is 1.87. The molecule has 0 aliphatic heterocycles. The Balaban J connectivity index is 2.15. The lowest BCUT2D eigenvalue weighted by Crippen LogP contribution is -2.17. The molecule has 0 radical (unpaired) electrons. The Hall–Kier alpha value is -0.540. The second-order valence-electron chi connectivity index (χ2n) is 4.95. The van der Waals surface area contributed by atoms with Gasteiger partial charge >= 0.3 is 0 Å². The van der Waals surface area contributed by atoms with Gasteiger partial charge in [-0.05, 0) is 38.0 Å². The smallest absolute Gasteiger partial charge is 0.130 e. The second-order valence-corrected chi connectivity index (χ2v) is 5.30. The van der Waals surface area contributed by atoms with Gasteiger partial charge in [-0.1, -0.05) is 18.5 Å². The zero-order valence-electron chi connectivity index (χ0n) is 10.1. The van der Waals surface area contributed by atoms with Gasteiger partial charge in [0.2, 0.25) is 0 Å². The quantitative estimate of drug-likeness (QED) is 0.865. The zero-order chi connectivity index (χ0) is 11.9. The lowest BCUT2D eigenvalue weighted by atomic mass is 9.90. The molecule has 4 heteroatoms. The molecule has 1 aromatic heterocycles. The number of aliphatic hydroxyl groups is 1. The van der Waals surface area contributed by atoms with E-state index in [1.54, 1.807) is 4.68 Å². The van der Waals surface area contributed by atoms with Crippen molar-refractivity contribution in [2.24, 2.45) is 18.9 Å². The Morgan fingerprint density at radius 2 is 2.19 bits per heavy atom. The first-order valence-corrected chi connectivity index (χ1v) is 6.24. The molecule has 1 saturated carbocycles. The third-order valence-corrected chi connectivity index (χ3v) is 4.39. The summed E-state index contributed by atoms with van der Waals surface area (Å²) in [4.78, 5) is 0. The van der Waals surface area contributed by atoms with Gasteiger partial charge in [0, 0.05) is 12.6 Å². The van der Waals surface area contributed by atoms with Crippen LogP contribution in [0.1, 0.15) is 31.0 Å². The standard InChI is InChI=1S/C12H19ClN2O/c1-7-9(4-5-11(7)16)6-10-8(2)14-15(3)12(10)13/h7,9,11,16H,4-6H2,1-3H3. The van der Waals surface area contributed by atoms with Crippen LogP contribution in [-0.2, 0) is 13.5 Å². The van der Waals surface area contributed by atoms with E-state index in [1.165, 1.54) is 0 Å². The van der Waals surface area contributed by atoms with Crippen molar-refractivity contribution in [3.63, 3.8) is 0 Å². The molecule has 1 N–H and O–H groups in total. The number of halogens is 1. The number of hydrogen-bond donors (Lipinski definition) is 1. The summed E-state index contributed by atoms with van der Waals surface area (Å²) in [5.41, 5.74) is 2.16. The van der Waals surface area contributed by atoms with E-state index in [0.717, 1.165) is 35.7 Å². The molecule has 1 heterocycles. The summed E-state index contributed by atoms with van der Waals surface area (Å²) in [5, 5.41) is 14.8. The third kappa shape index (κ3) is 1.98. The Labute approximate surface area is 101 Å². The molecule has 0 aromatic carbocycles. The van der Waals surface area contributed by atoms with Crippen molar-refractivity contribution in [3.05, 3.63) is 16.4 Å². The van der Waals surface area contributed by atoms with E-state index >= 15 is 0 Å². The van der Waals surface area contributed by atoms with Crippen LogP contribution in [-0.4, -0.2) is 21.0 Å². The van der Waals surface area contributed by atoms with Gasteiger partial charge in [-0.25, -0.2) is 0 Å². The fourth-order valence-corrected chi connectivity index (χ4v) is 2.93. The summed E-state index contributed by atoms with van der Waals surface area (Å²) in [6, 6.07) is 0. The van der Waals surface area contributed by atoms with Crippen LogP contribution in [0.15, 0.2) is 0 Å². The van der Waals surface area contributed by atoms with Gasteiger partial charge in [-0.15, -0.1) is 0 Å². The topological polar surface area (TPSA) is 38.0 Å². The molecule has 3 unspecified atom stereocenters. The Kier molecular flexibility index (Phi) is 3.27. The van der Waals surface area contributed by atoms with Crippen molar-refractivity contribution in [2.45, 2.75) is 39.2 Å². The zero-order valence-corrected chi connectivity index (χ0v) is 10.8. The van der Waals surface area contributed by atoms with E-state index in [2.05, 4.69) is 12.0 Å². The molecular formula is C12H19ClN2O. The van der Waals surface area contributed by atoms with Gasteiger partial charge in [0.1, 0.15) is 5.15 Å². The minimum atomic E-state index is -0.138. The van der Waals surface area contributed by atoms with Crippen LogP contribution in [0.25, 0.3) is 0 Å². The van der Waals surface area contributed by atoms with Crippen LogP contribution in [0.4, 0.5) is 0 Å². The first-order valence-electron chi connectivity index (χ1n) is 5.86. The number of aryl methyl sites for hydroxylation is 2. The second kappa shape index (κ2) is 4.38. The Morgan fingerprint density at radius 3 is 2.62 bits per heavy atom. The number of rotatable bonds is 2. The van der Waals surface area contributed by atoms with Crippen LogP contribution in [0, 0.1) is 18.8 Å². The lowest BCUT2D eigenvalue weighted by molar-refractivity contribution is 0.127. The van der Waals surface area contributed by atoms with Crippen molar-refractivity contribution in [2.75, 3.05) is 0 Å². The van der Waals surface area contributed by atoms with Crippen LogP contribution in [0.5, 0.6) is 0 Å². The van der Waals surface area contributed by atoms with E-state index in [1.807, 2.05) is 14.0 Å². The first kappa shape index (κ1) is 11.9.